The smallest absolute Gasteiger partial charge is 0.216 e. The van der Waals surface area contributed by atoms with Crippen LogP contribution in [0, 0.1) is 0 Å². The number of nitrogens with one attached hydrogen (secondary N) is 2. The molecule has 0 aromatic heterocycles. The fourth-order valence-electron chi connectivity index (χ4n) is 1.07. The zero-order valence-electron chi connectivity index (χ0n) is 13.1. The molecule has 5 nitrogen and oxygen atoms in total. The van der Waals surface area contributed by atoms with E-state index in [1.54, 1.807) is 0 Å². The Balaban J connectivity index is 0. The largest absolute Gasteiger partial charge is 0.378 e. The number of hydrogen-bond acceptors (Lipinski definition) is 4. The summed E-state index contributed by atoms with van der Waals surface area (Å²) in [5.74, 6) is -0.0261. The lowest BCUT2D eigenvalue weighted by molar-refractivity contribution is -0.119. The molecule has 0 bridgehead atoms. The number of ether oxygens (including phenoxy) is 2. The third-order valence-corrected chi connectivity index (χ3v) is 1.84. The Morgan fingerprint density at radius 2 is 1.42 bits per heavy atom. The van der Waals surface area contributed by atoms with E-state index in [2.05, 4.69) is 31.4 Å². The highest BCUT2D eigenvalue weighted by Crippen LogP contribution is 1.78. The second-order valence-corrected chi connectivity index (χ2v) is 4.16. The molecule has 0 aliphatic heterocycles. The first-order valence-electron chi connectivity index (χ1n) is 7.29. The minimum Gasteiger partial charge on any atom is -0.378 e. The Bertz CT molecular complexity index is 178. The molecule has 0 rings (SSSR count). The second-order valence-electron chi connectivity index (χ2n) is 4.16. The van der Waals surface area contributed by atoms with Gasteiger partial charge in [-0.05, 0) is 13.0 Å². The van der Waals surface area contributed by atoms with Crippen LogP contribution in [-0.4, -0.2) is 52.0 Å². The van der Waals surface area contributed by atoms with Gasteiger partial charge in [-0.15, -0.1) is 0 Å². The van der Waals surface area contributed by atoms with Crippen LogP contribution in [0.5, 0.6) is 0 Å². The van der Waals surface area contributed by atoms with E-state index in [4.69, 9.17) is 9.47 Å². The lowest BCUT2D eigenvalue weighted by Crippen LogP contribution is -2.25. The van der Waals surface area contributed by atoms with E-state index in [0.29, 0.717) is 26.4 Å². The fourth-order valence-corrected chi connectivity index (χ4v) is 1.07. The molecule has 0 spiro atoms. The maximum atomic E-state index is 10.5. The van der Waals surface area contributed by atoms with Crippen LogP contribution in [0.3, 0.4) is 0 Å². The molecule has 0 fully saturated rings. The van der Waals surface area contributed by atoms with Gasteiger partial charge in [-0.25, -0.2) is 0 Å². The highest BCUT2D eigenvalue weighted by molar-refractivity contribution is 5.72. The average molecular weight is 276 g/mol. The molecular weight excluding hydrogens is 244 g/mol. The molecule has 0 saturated heterocycles. The van der Waals surface area contributed by atoms with Crippen LogP contribution >= 0.6 is 0 Å². The first-order chi connectivity index (χ1) is 9.18. The molecule has 116 valence electrons. The number of carbonyl (C=O) groups excluding carboxylic acids is 1. The first-order valence-corrected chi connectivity index (χ1v) is 7.29. The van der Waals surface area contributed by atoms with Crippen molar-refractivity contribution in [3.8, 4) is 0 Å². The second kappa shape index (κ2) is 19.7. The monoisotopic (exact) mass is 276 g/mol. The normalized spacial score (nSPS) is 9.68. The first kappa shape index (κ1) is 20.7. The van der Waals surface area contributed by atoms with Gasteiger partial charge in [-0.3, -0.25) is 4.79 Å². The van der Waals surface area contributed by atoms with Crippen molar-refractivity contribution in [1.82, 2.24) is 10.6 Å². The molecule has 0 aromatic rings. The highest BCUT2D eigenvalue weighted by Gasteiger charge is 1.92. The van der Waals surface area contributed by atoms with E-state index in [1.807, 2.05) is 0 Å². The van der Waals surface area contributed by atoms with Gasteiger partial charge in [-0.2, -0.15) is 0 Å². The predicted molar refractivity (Wildman–Crippen MR) is 79.4 cm³/mol. The van der Waals surface area contributed by atoms with Crippen molar-refractivity contribution in [2.24, 2.45) is 0 Å². The molecule has 0 aliphatic rings. The maximum absolute atomic E-state index is 10.5. The maximum Gasteiger partial charge on any atom is 0.216 e. The SMILES string of the molecule is CCC.CCCNCCOCCOCCNC(C)=O. The fraction of sp³-hybridized carbons (Fsp3) is 0.929. The summed E-state index contributed by atoms with van der Waals surface area (Å²) in [5, 5.41) is 5.90. The van der Waals surface area contributed by atoms with Crippen molar-refractivity contribution >= 4 is 5.91 Å². The minimum atomic E-state index is -0.0261. The van der Waals surface area contributed by atoms with E-state index in [0.717, 1.165) is 26.1 Å². The summed E-state index contributed by atoms with van der Waals surface area (Å²) in [6.07, 6.45) is 2.40. The lowest BCUT2D eigenvalue weighted by atomic mass is 10.5. The molecule has 5 heteroatoms. The van der Waals surface area contributed by atoms with Crippen LogP contribution in [0.15, 0.2) is 0 Å². The topological polar surface area (TPSA) is 59.6 Å². The van der Waals surface area contributed by atoms with Crippen LogP contribution < -0.4 is 10.6 Å². The lowest BCUT2D eigenvalue weighted by Gasteiger charge is -2.06. The highest BCUT2D eigenvalue weighted by atomic mass is 16.5. The molecular formula is C14H32N2O3. The van der Waals surface area contributed by atoms with Gasteiger partial charge in [0.25, 0.3) is 0 Å². The van der Waals surface area contributed by atoms with E-state index in [9.17, 15) is 4.79 Å². The van der Waals surface area contributed by atoms with Gasteiger partial charge in [0.15, 0.2) is 0 Å². The summed E-state index contributed by atoms with van der Waals surface area (Å²) < 4.78 is 10.6. The van der Waals surface area contributed by atoms with Crippen molar-refractivity contribution in [3.63, 3.8) is 0 Å². The van der Waals surface area contributed by atoms with Crippen LogP contribution in [0.1, 0.15) is 40.5 Å². The number of carbonyl (C=O) groups is 1. The van der Waals surface area contributed by atoms with Crippen LogP contribution in [0.25, 0.3) is 0 Å². The van der Waals surface area contributed by atoms with Crippen molar-refractivity contribution in [2.75, 3.05) is 46.1 Å². The molecule has 0 radical (unpaired) electrons. The van der Waals surface area contributed by atoms with Gasteiger partial charge in [0.1, 0.15) is 0 Å². The van der Waals surface area contributed by atoms with Crippen molar-refractivity contribution in [2.45, 2.75) is 40.5 Å². The number of amides is 1. The van der Waals surface area contributed by atoms with Gasteiger partial charge in [0.05, 0.1) is 26.4 Å². The standard InChI is InChI=1S/C11H24N2O3.C3H8/c1-3-4-12-5-7-15-9-10-16-8-6-13-11(2)14;1-3-2/h12H,3-10H2,1-2H3,(H,13,14);3H2,1-2H3. The quantitative estimate of drug-likeness (QED) is 0.562. The molecule has 0 atom stereocenters. The average Bonchev–Trinajstić information content (AvgIpc) is 2.36. The van der Waals surface area contributed by atoms with Crippen molar-refractivity contribution < 1.29 is 14.3 Å². The molecule has 19 heavy (non-hydrogen) atoms. The summed E-state index contributed by atoms with van der Waals surface area (Å²) >= 11 is 0. The van der Waals surface area contributed by atoms with Crippen LogP contribution in [-0.2, 0) is 14.3 Å². The van der Waals surface area contributed by atoms with E-state index in [-0.39, 0.29) is 5.91 Å². The Kier molecular flexibility index (Phi) is 21.4. The zero-order valence-corrected chi connectivity index (χ0v) is 13.1. The minimum absolute atomic E-state index is 0.0261. The van der Waals surface area contributed by atoms with Gasteiger partial charge in [-0.1, -0.05) is 27.2 Å². The Labute approximate surface area is 118 Å². The summed E-state index contributed by atoms with van der Waals surface area (Å²) in [4.78, 5) is 10.5. The molecule has 0 unspecified atom stereocenters. The Hall–Kier alpha value is -0.650. The molecule has 0 heterocycles. The third-order valence-electron chi connectivity index (χ3n) is 1.84. The van der Waals surface area contributed by atoms with Gasteiger partial charge < -0.3 is 20.1 Å². The number of hydrogen-bond donors (Lipinski definition) is 2. The van der Waals surface area contributed by atoms with Crippen LogP contribution in [0.2, 0.25) is 0 Å². The molecule has 2 N–H and O–H groups in total. The van der Waals surface area contributed by atoms with Crippen LogP contribution in [0.4, 0.5) is 0 Å². The molecule has 0 aromatic carbocycles. The van der Waals surface area contributed by atoms with E-state index in [1.165, 1.54) is 13.3 Å². The summed E-state index contributed by atoms with van der Waals surface area (Å²) in [5.41, 5.74) is 0. The Morgan fingerprint density at radius 1 is 0.895 bits per heavy atom. The summed E-state index contributed by atoms with van der Waals surface area (Å²) in [7, 11) is 0. The van der Waals surface area contributed by atoms with Crippen molar-refractivity contribution in [1.29, 1.82) is 0 Å². The molecule has 1 amide bonds. The molecule has 0 aliphatic carbocycles. The summed E-state index contributed by atoms with van der Waals surface area (Å²) in [6.45, 7) is 12.8. The number of rotatable bonds is 11. The third kappa shape index (κ3) is 26.8. The summed E-state index contributed by atoms with van der Waals surface area (Å²) in [6, 6.07) is 0. The van der Waals surface area contributed by atoms with E-state index >= 15 is 0 Å². The predicted octanol–water partition coefficient (Wildman–Crippen LogP) is 1.57. The van der Waals surface area contributed by atoms with Gasteiger partial charge >= 0.3 is 0 Å². The van der Waals surface area contributed by atoms with Gasteiger partial charge in [0, 0.05) is 20.0 Å². The Morgan fingerprint density at radius 3 is 1.89 bits per heavy atom. The molecule has 0 saturated carbocycles. The zero-order chi connectivity index (χ0) is 14.8. The van der Waals surface area contributed by atoms with Gasteiger partial charge in [0.2, 0.25) is 5.91 Å². The van der Waals surface area contributed by atoms with E-state index < -0.39 is 0 Å². The van der Waals surface area contributed by atoms with Crippen molar-refractivity contribution in [3.05, 3.63) is 0 Å².